The second-order valence-electron chi connectivity index (χ2n) is 6.10. The summed E-state index contributed by atoms with van der Waals surface area (Å²) in [6, 6.07) is 0. The van der Waals surface area contributed by atoms with Crippen LogP contribution in [0.4, 0.5) is 0 Å². The van der Waals surface area contributed by atoms with Gasteiger partial charge < -0.3 is 15.0 Å². The highest BCUT2D eigenvalue weighted by atomic mass is 127. The molecule has 1 rings (SSSR count). The summed E-state index contributed by atoms with van der Waals surface area (Å²) in [4.78, 5) is 9.49. The van der Waals surface area contributed by atoms with E-state index in [1.807, 2.05) is 6.08 Å². The highest BCUT2D eigenvalue weighted by molar-refractivity contribution is 14.0. The molecule has 1 fully saturated rings. The molecule has 1 saturated heterocycles. The van der Waals surface area contributed by atoms with Crippen LogP contribution >= 0.6 is 24.0 Å². The average Bonchev–Trinajstić information content (AvgIpc) is 2.58. The molecule has 0 aromatic heterocycles. The maximum atomic E-state index is 5.38. The number of hydrogen-bond donors (Lipinski definition) is 1. The van der Waals surface area contributed by atoms with Crippen LogP contribution in [0.2, 0.25) is 0 Å². The van der Waals surface area contributed by atoms with Crippen LogP contribution in [0, 0.1) is 0 Å². The van der Waals surface area contributed by atoms with E-state index in [1.54, 1.807) is 0 Å². The van der Waals surface area contributed by atoms with Crippen LogP contribution in [0.15, 0.2) is 17.6 Å². The van der Waals surface area contributed by atoms with Gasteiger partial charge in [0, 0.05) is 46.3 Å². The molecule has 0 spiro atoms. The molecule has 1 N–H and O–H groups in total. The van der Waals surface area contributed by atoms with E-state index < -0.39 is 0 Å². The zero-order valence-electron chi connectivity index (χ0n) is 15.6. The Kier molecular flexibility index (Phi) is 15.9. The third kappa shape index (κ3) is 11.3. The van der Waals surface area contributed by atoms with E-state index in [0.717, 1.165) is 71.3 Å². The first-order chi connectivity index (χ1) is 11.3. The first-order valence-corrected chi connectivity index (χ1v) is 9.18. The summed E-state index contributed by atoms with van der Waals surface area (Å²) in [5, 5.41) is 3.40. The number of rotatable bonds is 11. The molecule has 0 amide bonds. The standard InChI is InChI=1S/C18H36N4O.HI/c1-4-6-7-8-9-12-21(3)18(19-5-2)20-11-10-13-22-14-16-23-17-15-22;/h4H,1,5-17H2,2-3H3,(H,19,20);1H. The van der Waals surface area contributed by atoms with Crippen LogP contribution in [0.5, 0.6) is 0 Å². The van der Waals surface area contributed by atoms with Crippen molar-refractivity contribution in [1.82, 2.24) is 15.1 Å². The Labute approximate surface area is 165 Å². The van der Waals surface area contributed by atoms with Crippen LogP contribution in [-0.2, 0) is 4.74 Å². The fourth-order valence-electron chi connectivity index (χ4n) is 2.69. The lowest BCUT2D eigenvalue weighted by atomic mass is 10.2. The molecule has 0 bridgehead atoms. The lowest BCUT2D eigenvalue weighted by Gasteiger charge is -2.26. The van der Waals surface area contributed by atoms with Gasteiger partial charge in [0.25, 0.3) is 0 Å². The van der Waals surface area contributed by atoms with Crippen molar-refractivity contribution in [1.29, 1.82) is 0 Å². The minimum absolute atomic E-state index is 0. The van der Waals surface area contributed by atoms with Gasteiger partial charge in [-0.15, -0.1) is 30.6 Å². The second kappa shape index (κ2) is 16.1. The average molecular weight is 452 g/mol. The van der Waals surface area contributed by atoms with Crippen LogP contribution in [0.1, 0.15) is 39.0 Å². The number of ether oxygens (including phenoxy) is 1. The number of guanidine groups is 1. The third-order valence-electron chi connectivity index (χ3n) is 4.10. The number of nitrogens with zero attached hydrogens (tertiary/aromatic N) is 3. The number of hydrogen-bond acceptors (Lipinski definition) is 3. The highest BCUT2D eigenvalue weighted by Crippen LogP contribution is 2.02. The molecule has 142 valence electrons. The van der Waals surface area contributed by atoms with Crippen LogP contribution in [0.3, 0.4) is 0 Å². The zero-order chi connectivity index (χ0) is 16.8. The smallest absolute Gasteiger partial charge is 0.193 e. The molecule has 0 saturated carbocycles. The summed E-state index contributed by atoms with van der Waals surface area (Å²) >= 11 is 0. The van der Waals surface area contributed by atoms with Crippen LogP contribution in [-0.4, -0.2) is 75.3 Å². The second-order valence-corrected chi connectivity index (χ2v) is 6.10. The quantitative estimate of drug-likeness (QED) is 0.172. The Hall–Kier alpha value is -0.340. The lowest BCUT2D eigenvalue weighted by Crippen LogP contribution is -2.40. The van der Waals surface area contributed by atoms with E-state index >= 15 is 0 Å². The molecular formula is C18H37IN4O. The Bertz CT molecular complexity index is 333. The number of halogens is 1. The van der Waals surface area contributed by atoms with E-state index in [4.69, 9.17) is 9.73 Å². The SMILES string of the molecule is C=CCCCCCN(C)C(=NCCCN1CCOCC1)NCC.I. The maximum absolute atomic E-state index is 5.38. The first-order valence-electron chi connectivity index (χ1n) is 9.18. The van der Waals surface area contributed by atoms with E-state index in [2.05, 4.69) is 35.7 Å². The Morgan fingerprint density at radius 1 is 1.25 bits per heavy atom. The predicted octanol–water partition coefficient (Wildman–Crippen LogP) is 2.97. The number of morpholine rings is 1. The molecule has 0 aromatic carbocycles. The minimum Gasteiger partial charge on any atom is -0.379 e. The minimum atomic E-state index is 0. The first kappa shape index (κ1) is 23.7. The summed E-state index contributed by atoms with van der Waals surface area (Å²) in [7, 11) is 2.14. The monoisotopic (exact) mass is 452 g/mol. The molecule has 1 aliphatic rings. The zero-order valence-corrected chi connectivity index (χ0v) is 18.0. The van der Waals surface area contributed by atoms with Crippen LogP contribution in [0.25, 0.3) is 0 Å². The third-order valence-corrected chi connectivity index (χ3v) is 4.10. The van der Waals surface area contributed by atoms with Gasteiger partial charge in [-0.2, -0.15) is 0 Å². The summed E-state index contributed by atoms with van der Waals surface area (Å²) < 4.78 is 5.38. The summed E-state index contributed by atoms with van der Waals surface area (Å²) in [5.74, 6) is 1.04. The lowest BCUT2D eigenvalue weighted by molar-refractivity contribution is 0.0377. The van der Waals surface area contributed by atoms with Gasteiger partial charge in [-0.1, -0.05) is 12.5 Å². The Morgan fingerprint density at radius 2 is 2.00 bits per heavy atom. The van der Waals surface area contributed by atoms with Crippen molar-refractivity contribution in [3.05, 3.63) is 12.7 Å². The molecule has 1 aliphatic heterocycles. The van der Waals surface area contributed by atoms with Gasteiger partial charge in [-0.3, -0.25) is 9.89 Å². The summed E-state index contributed by atoms with van der Waals surface area (Å²) in [5.41, 5.74) is 0. The number of unbranched alkanes of at least 4 members (excludes halogenated alkanes) is 3. The predicted molar refractivity (Wildman–Crippen MR) is 115 cm³/mol. The molecule has 0 unspecified atom stereocenters. The van der Waals surface area contributed by atoms with Gasteiger partial charge in [0.15, 0.2) is 5.96 Å². The van der Waals surface area contributed by atoms with E-state index in [-0.39, 0.29) is 24.0 Å². The molecule has 6 heteroatoms. The fourth-order valence-corrected chi connectivity index (χ4v) is 2.69. The van der Waals surface area contributed by atoms with Crippen molar-refractivity contribution < 1.29 is 4.74 Å². The number of aliphatic imine (C=N–C) groups is 1. The van der Waals surface area contributed by atoms with E-state index in [0.29, 0.717) is 0 Å². The molecule has 1 heterocycles. The van der Waals surface area contributed by atoms with Crippen molar-refractivity contribution in [2.45, 2.75) is 39.0 Å². The largest absolute Gasteiger partial charge is 0.379 e. The molecule has 0 aliphatic carbocycles. The highest BCUT2D eigenvalue weighted by Gasteiger charge is 2.09. The van der Waals surface area contributed by atoms with Crippen molar-refractivity contribution in [2.75, 3.05) is 59.5 Å². The van der Waals surface area contributed by atoms with Gasteiger partial charge in [0.1, 0.15) is 0 Å². The molecule has 24 heavy (non-hydrogen) atoms. The topological polar surface area (TPSA) is 40.1 Å². The van der Waals surface area contributed by atoms with Crippen molar-refractivity contribution in [3.63, 3.8) is 0 Å². The Balaban J connectivity index is 0.00000529. The van der Waals surface area contributed by atoms with Crippen LogP contribution < -0.4 is 5.32 Å². The summed E-state index contributed by atoms with van der Waals surface area (Å²) in [6.45, 7) is 13.8. The molecule has 0 radical (unpaired) electrons. The number of allylic oxidation sites excluding steroid dienone is 1. The van der Waals surface area contributed by atoms with Crippen molar-refractivity contribution >= 4 is 29.9 Å². The van der Waals surface area contributed by atoms with Crippen molar-refractivity contribution in [2.24, 2.45) is 4.99 Å². The molecule has 0 atom stereocenters. The fraction of sp³-hybridized carbons (Fsp3) is 0.833. The summed E-state index contributed by atoms with van der Waals surface area (Å²) in [6.07, 6.45) is 7.95. The molecular weight excluding hydrogens is 415 g/mol. The van der Waals surface area contributed by atoms with E-state index in [9.17, 15) is 0 Å². The molecule has 0 aromatic rings. The van der Waals surface area contributed by atoms with Gasteiger partial charge in [-0.25, -0.2) is 0 Å². The Morgan fingerprint density at radius 3 is 2.67 bits per heavy atom. The van der Waals surface area contributed by atoms with Gasteiger partial charge in [-0.05, 0) is 32.6 Å². The molecule has 5 nitrogen and oxygen atoms in total. The van der Waals surface area contributed by atoms with Gasteiger partial charge in [0.05, 0.1) is 13.2 Å². The van der Waals surface area contributed by atoms with Gasteiger partial charge in [0.2, 0.25) is 0 Å². The van der Waals surface area contributed by atoms with E-state index in [1.165, 1.54) is 19.3 Å². The maximum Gasteiger partial charge on any atom is 0.193 e. The van der Waals surface area contributed by atoms with Crippen molar-refractivity contribution in [3.8, 4) is 0 Å². The number of nitrogens with one attached hydrogen (secondary N) is 1. The normalized spacial score (nSPS) is 15.7. The van der Waals surface area contributed by atoms with Gasteiger partial charge >= 0.3 is 0 Å².